The number of morpholine rings is 1. The van der Waals surface area contributed by atoms with Crippen LogP contribution in [0, 0.1) is 0 Å². The highest BCUT2D eigenvalue weighted by molar-refractivity contribution is 6.42. The van der Waals surface area contributed by atoms with Gasteiger partial charge in [0.05, 0.1) is 19.3 Å². The van der Waals surface area contributed by atoms with Crippen LogP contribution in [0.25, 0.3) is 0 Å². The van der Waals surface area contributed by atoms with E-state index in [-0.39, 0.29) is 34.5 Å². The number of hydrogen-bond donors (Lipinski definition) is 0. The predicted molar refractivity (Wildman–Crippen MR) is 115 cm³/mol. The van der Waals surface area contributed by atoms with Crippen molar-refractivity contribution in [1.82, 2.24) is 14.8 Å². The Morgan fingerprint density at radius 2 is 1.87 bits per heavy atom. The lowest BCUT2D eigenvalue weighted by Gasteiger charge is -2.40. The zero-order chi connectivity index (χ0) is 22.3. The fraction of sp³-hybridized carbons (Fsp3) is 0.650. The first-order chi connectivity index (χ1) is 14.7. The molecule has 0 unspecified atom stereocenters. The van der Waals surface area contributed by atoms with Crippen LogP contribution in [0.5, 0.6) is 5.75 Å². The summed E-state index contributed by atoms with van der Waals surface area (Å²) in [6, 6.07) is -0.339. The van der Waals surface area contributed by atoms with E-state index in [1.807, 2.05) is 25.7 Å². The molecule has 9 nitrogen and oxygen atoms in total. The van der Waals surface area contributed by atoms with E-state index >= 15 is 0 Å². The second-order valence-corrected chi connectivity index (χ2v) is 9.47. The molecule has 0 saturated carbocycles. The van der Waals surface area contributed by atoms with Gasteiger partial charge in [-0.3, -0.25) is 4.79 Å². The van der Waals surface area contributed by atoms with Crippen LogP contribution in [0.4, 0.5) is 10.6 Å². The largest absolute Gasteiger partial charge is 0.489 e. The number of pyridine rings is 1. The number of ether oxygens (including phenoxy) is 3. The smallest absolute Gasteiger partial charge is 0.410 e. The Morgan fingerprint density at radius 3 is 2.55 bits per heavy atom. The van der Waals surface area contributed by atoms with Crippen LogP contribution in [-0.2, 0) is 9.47 Å². The summed E-state index contributed by atoms with van der Waals surface area (Å²) in [5, 5.41) is 0.204. The first-order valence-corrected chi connectivity index (χ1v) is 11.0. The lowest BCUT2D eigenvalue weighted by atomic mass is 10.1. The molecule has 0 aliphatic carbocycles. The van der Waals surface area contributed by atoms with Crippen molar-refractivity contribution in [2.75, 3.05) is 57.4 Å². The molecule has 4 heterocycles. The minimum Gasteiger partial charge on any atom is -0.489 e. The third-order valence-corrected chi connectivity index (χ3v) is 6.10. The molecule has 0 aromatic carbocycles. The maximum absolute atomic E-state index is 13.6. The number of carbonyl (C=O) groups excluding carboxylic acids is 2. The van der Waals surface area contributed by atoms with E-state index in [2.05, 4.69) is 4.98 Å². The molecule has 3 aliphatic heterocycles. The van der Waals surface area contributed by atoms with Gasteiger partial charge in [-0.15, -0.1) is 0 Å². The van der Waals surface area contributed by atoms with E-state index < -0.39 is 11.7 Å². The van der Waals surface area contributed by atoms with Gasteiger partial charge in [0.2, 0.25) is 0 Å². The Balaban J connectivity index is 1.63. The predicted octanol–water partition coefficient (Wildman–Crippen LogP) is 2.68. The molecule has 0 bridgehead atoms. The van der Waals surface area contributed by atoms with Gasteiger partial charge in [-0.25, -0.2) is 9.78 Å². The molecule has 2 fully saturated rings. The van der Waals surface area contributed by atoms with Crippen LogP contribution in [0.15, 0.2) is 0 Å². The number of carbonyl (C=O) groups is 2. The molecule has 0 radical (unpaired) electrons. The standard InChI is InChI=1S/C20H26Cl2N4O5/c1-20(2,3)31-19(28)25-4-5-26-12(10-25)11-30-15-13(18(26)27)17(23-16(22)14(15)21)24-6-8-29-9-7-24/h12H,4-11H2,1-3H3/t12-/m1/s1. The third-order valence-electron chi connectivity index (χ3n) is 5.38. The first-order valence-electron chi connectivity index (χ1n) is 10.3. The van der Waals surface area contributed by atoms with E-state index in [0.29, 0.717) is 57.3 Å². The van der Waals surface area contributed by atoms with Crippen molar-refractivity contribution in [2.45, 2.75) is 32.4 Å². The minimum absolute atomic E-state index is 0.0879. The SMILES string of the molecule is CC(C)(C)OC(=O)N1CCN2C(=O)c3c(N4CCOCC4)nc(Cl)c(Cl)c3OC[C@H]2C1. The summed E-state index contributed by atoms with van der Waals surface area (Å²) < 4.78 is 16.9. The Bertz CT molecular complexity index is 885. The molecule has 1 atom stereocenters. The van der Waals surface area contributed by atoms with Crippen molar-refractivity contribution >= 4 is 41.0 Å². The quantitative estimate of drug-likeness (QED) is 0.580. The van der Waals surface area contributed by atoms with Crippen LogP contribution in [0.2, 0.25) is 10.2 Å². The summed E-state index contributed by atoms with van der Waals surface area (Å²) in [4.78, 5) is 35.8. The summed E-state index contributed by atoms with van der Waals surface area (Å²) in [5.74, 6) is 0.466. The number of hydrogen-bond acceptors (Lipinski definition) is 7. The highest BCUT2D eigenvalue weighted by Gasteiger charge is 2.41. The Labute approximate surface area is 191 Å². The molecule has 0 N–H and O–H groups in total. The van der Waals surface area contributed by atoms with Gasteiger partial charge in [-0.1, -0.05) is 23.2 Å². The Hall–Kier alpha value is -1.97. The molecule has 0 spiro atoms. The van der Waals surface area contributed by atoms with Gasteiger partial charge in [0.25, 0.3) is 5.91 Å². The van der Waals surface area contributed by atoms with E-state index in [9.17, 15) is 9.59 Å². The second-order valence-electron chi connectivity index (χ2n) is 8.73. The number of nitrogens with zero attached hydrogens (tertiary/aromatic N) is 4. The number of piperazine rings is 1. The molecule has 170 valence electrons. The van der Waals surface area contributed by atoms with Gasteiger partial charge in [0.1, 0.15) is 28.6 Å². The normalized spacial score (nSPS) is 21.8. The van der Waals surface area contributed by atoms with E-state index in [1.165, 1.54) is 0 Å². The van der Waals surface area contributed by atoms with E-state index in [0.717, 1.165) is 0 Å². The monoisotopic (exact) mass is 472 g/mol. The van der Waals surface area contributed by atoms with Crippen molar-refractivity contribution in [3.8, 4) is 5.75 Å². The van der Waals surface area contributed by atoms with Gasteiger partial charge in [0, 0.05) is 32.7 Å². The Kier molecular flexibility index (Phi) is 6.11. The van der Waals surface area contributed by atoms with Crippen molar-refractivity contribution < 1.29 is 23.8 Å². The zero-order valence-corrected chi connectivity index (χ0v) is 19.3. The fourth-order valence-corrected chi connectivity index (χ4v) is 4.27. The Morgan fingerprint density at radius 1 is 1.16 bits per heavy atom. The highest BCUT2D eigenvalue weighted by Crippen LogP contribution is 2.42. The van der Waals surface area contributed by atoms with Crippen molar-refractivity contribution in [3.05, 3.63) is 15.7 Å². The summed E-state index contributed by atoms with van der Waals surface area (Å²) in [5.41, 5.74) is -0.284. The van der Waals surface area contributed by atoms with Gasteiger partial charge in [-0.2, -0.15) is 0 Å². The number of rotatable bonds is 1. The van der Waals surface area contributed by atoms with Crippen LogP contribution < -0.4 is 9.64 Å². The van der Waals surface area contributed by atoms with Crippen LogP contribution in [0.1, 0.15) is 31.1 Å². The molecule has 2 saturated heterocycles. The zero-order valence-electron chi connectivity index (χ0n) is 17.8. The van der Waals surface area contributed by atoms with Crippen molar-refractivity contribution in [1.29, 1.82) is 0 Å². The second kappa shape index (κ2) is 8.52. The van der Waals surface area contributed by atoms with Crippen LogP contribution in [0.3, 0.4) is 0 Å². The van der Waals surface area contributed by atoms with Crippen molar-refractivity contribution in [2.24, 2.45) is 0 Å². The summed E-state index contributed by atoms with van der Waals surface area (Å²) in [6.07, 6.45) is -0.405. The van der Waals surface area contributed by atoms with Gasteiger partial charge < -0.3 is 28.9 Å². The molecule has 1 aromatic heterocycles. The third kappa shape index (κ3) is 4.49. The lowest BCUT2D eigenvalue weighted by molar-refractivity contribution is 0.000953. The van der Waals surface area contributed by atoms with E-state index in [1.54, 1.807) is 9.80 Å². The molecule has 1 aromatic rings. The van der Waals surface area contributed by atoms with Gasteiger partial charge in [0.15, 0.2) is 10.9 Å². The molecule has 3 aliphatic rings. The van der Waals surface area contributed by atoms with Gasteiger partial charge in [-0.05, 0) is 20.8 Å². The number of aromatic nitrogens is 1. The van der Waals surface area contributed by atoms with Crippen LogP contribution >= 0.6 is 23.2 Å². The lowest BCUT2D eigenvalue weighted by Crippen LogP contribution is -2.58. The van der Waals surface area contributed by atoms with Crippen LogP contribution in [-0.4, -0.2) is 91.0 Å². The summed E-state index contributed by atoms with van der Waals surface area (Å²) in [7, 11) is 0. The molecule has 11 heteroatoms. The fourth-order valence-electron chi connectivity index (χ4n) is 3.92. The molecule has 4 rings (SSSR count). The first kappa shape index (κ1) is 22.2. The maximum Gasteiger partial charge on any atom is 0.410 e. The van der Waals surface area contributed by atoms with Gasteiger partial charge >= 0.3 is 6.09 Å². The average molecular weight is 473 g/mol. The summed E-state index contributed by atoms with van der Waals surface area (Å²) in [6.45, 7) is 8.91. The number of anilines is 1. The molecule has 2 amide bonds. The number of fused-ring (bicyclic) bond motifs is 2. The van der Waals surface area contributed by atoms with E-state index in [4.69, 9.17) is 37.4 Å². The number of halogens is 2. The maximum atomic E-state index is 13.6. The molecular formula is C20H26Cl2N4O5. The topological polar surface area (TPSA) is 84.4 Å². The molecule has 31 heavy (non-hydrogen) atoms. The highest BCUT2D eigenvalue weighted by atomic mass is 35.5. The average Bonchev–Trinajstić information content (AvgIpc) is 2.87. The summed E-state index contributed by atoms with van der Waals surface area (Å²) >= 11 is 12.7. The van der Waals surface area contributed by atoms with Crippen molar-refractivity contribution in [3.63, 3.8) is 0 Å². The number of amides is 2. The minimum atomic E-state index is -0.594. The molecular weight excluding hydrogens is 447 g/mol.